The summed E-state index contributed by atoms with van der Waals surface area (Å²) in [6.45, 7) is 0.914. The van der Waals surface area contributed by atoms with Gasteiger partial charge in [-0.1, -0.05) is 18.2 Å². The molecule has 2 aromatic rings. The van der Waals surface area contributed by atoms with Crippen molar-refractivity contribution in [3.8, 4) is 0 Å². The van der Waals surface area contributed by atoms with E-state index in [1.807, 2.05) is 0 Å². The van der Waals surface area contributed by atoms with E-state index in [0.29, 0.717) is 0 Å². The van der Waals surface area contributed by atoms with Crippen LogP contribution in [0.15, 0.2) is 52.1 Å². The molecule has 0 fully saturated rings. The number of carbonyl (C=O) groups is 1. The van der Waals surface area contributed by atoms with Crippen molar-refractivity contribution >= 4 is 27.9 Å². The van der Waals surface area contributed by atoms with Crippen molar-refractivity contribution in [2.45, 2.75) is 30.9 Å². The number of nitrogens with one attached hydrogen (secondary N) is 1. The molecule has 1 N–H and O–H groups in total. The van der Waals surface area contributed by atoms with Crippen LogP contribution in [0.2, 0.25) is 0 Å². The van der Waals surface area contributed by atoms with Gasteiger partial charge in [0, 0.05) is 5.56 Å². The Morgan fingerprint density at radius 2 is 1.86 bits per heavy atom. The van der Waals surface area contributed by atoms with E-state index in [1.54, 1.807) is 18.2 Å². The molecule has 2 heterocycles. The van der Waals surface area contributed by atoms with Crippen LogP contribution in [0, 0.1) is 5.82 Å². The van der Waals surface area contributed by atoms with Crippen LogP contribution in [-0.4, -0.2) is 35.3 Å². The SMILES string of the molecule is C[C@]1(c2nc(Br)ccc2F)OC(NC(=O)c2ccccc2)=N[C@@H](C(F)(F)F)[C@H]1F. The Bertz CT molecular complexity index is 954. The molecule has 0 unspecified atom stereocenters. The second kappa shape index (κ2) is 7.69. The third kappa shape index (κ3) is 4.24. The standard InChI is InChI=1S/C18H13BrF5N3O2/c1-17(13-10(20)7-8-11(19)25-13)12(21)14(18(22,23)24)26-16(29-17)27-15(28)9-5-3-2-4-6-9/h2-8,12,14H,1H3,(H,26,27,28)/t12-,14-,17+/m1/s1. The minimum absolute atomic E-state index is 0.0619. The van der Waals surface area contributed by atoms with Crippen LogP contribution in [0.25, 0.3) is 0 Å². The molecule has 0 bridgehead atoms. The van der Waals surface area contributed by atoms with E-state index in [-0.39, 0.29) is 10.2 Å². The first-order chi connectivity index (χ1) is 13.5. The smallest absolute Gasteiger partial charge is 0.413 e. The molecule has 3 atom stereocenters. The summed E-state index contributed by atoms with van der Waals surface area (Å²) < 4.78 is 74.8. The zero-order valence-corrected chi connectivity index (χ0v) is 16.3. The Kier molecular flexibility index (Phi) is 5.61. The Morgan fingerprint density at radius 1 is 1.21 bits per heavy atom. The van der Waals surface area contributed by atoms with E-state index in [4.69, 9.17) is 4.74 Å². The Morgan fingerprint density at radius 3 is 2.48 bits per heavy atom. The predicted octanol–water partition coefficient (Wildman–Crippen LogP) is 4.28. The number of hydrogen-bond donors (Lipinski definition) is 1. The summed E-state index contributed by atoms with van der Waals surface area (Å²) in [5.74, 6) is -1.90. The van der Waals surface area contributed by atoms with Gasteiger partial charge in [0.25, 0.3) is 11.9 Å². The average Bonchev–Trinajstić information content (AvgIpc) is 2.66. The number of alkyl halides is 4. The van der Waals surface area contributed by atoms with Crippen molar-refractivity contribution < 1.29 is 31.5 Å². The molecule has 0 aliphatic carbocycles. The number of aliphatic imine (C=N–C) groups is 1. The van der Waals surface area contributed by atoms with Crippen LogP contribution in [0.3, 0.4) is 0 Å². The van der Waals surface area contributed by atoms with Crippen LogP contribution in [0.4, 0.5) is 22.0 Å². The van der Waals surface area contributed by atoms with Gasteiger partial charge in [-0.3, -0.25) is 10.1 Å². The second-order valence-electron chi connectivity index (χ2n) is 6.32. The molecule has 1 aliphatic heterocycles. The minimum atomic E-state index is -5.12. The zero-order chi connectivity index (χ0) is 21.4. The van der Waals surface area contributed by atoms with Crippen molar-refractivity contribution in [2.75, 3.05) is 0 Å². The molecule has 0 spiro atoms. The number of hydrogen-bond acceptors (Lipinski definition) is 4. The maximum absolute atomic E-state index is 14.9. The Hall–Kier alpha value is -2.56. The van der Waals surface area contributed by atoms with E-state index in [1.165, 1.54) is 18.2 Å². The monoisotopic (exact) mass is 477 g/mol. The fraction of sp³-hybridized carbons (Fsp3) is 0.278. The lowest BCUT2D eigenvalue weighted by Gasteiger charge is -2.40. The van der Waals surface area contributed by atoms with Gasteiger partial charge in [-0.2, -0.15) is 13.2 Å². The summed E-state index contributed by atoms with van der Waals surface area (Å²) in [5.41, 5.74) is -3.09. The summed E-state index contributed by atoms with van der Waals surface area (Å²) in [5, 5.41) is 2.08. The summed E-state index contributed by atoms with van der Waals surface area (Å²) in [6, 6.07) is 5.86. The molecular formula is C18H13BrF5N3O2. The zero-order valence-electron chi connectivity index (χ0n) is 14.7. The molecule has 1 aromatic heterocycles. The highest BCUT2D eigenvalue weighted by molar-refractivity contribution is 9.10. The lowest BCUT2D eigenvalue weighted by atomic mass is 9.89. The van der Waals surface area contributed by atoms with Gasteiger partial charge in [0.1, 0.15) is 16.1 Å². The first kappa shape index (κ1) is 21.2. The van der Waals surface area contributed by atoms with E-state index in [2.05, 4.69) is 31.2 Å². The molecule has 29 heavy (non-hydrogen) atoms. The number of aromatic nitrogens is 1. The van der Waals surface area contributed by atoms with Crippen LogP contribution in [-0.2, 0) is 10.3 Å². The average molecular weight is 478 g/mol. The van der Waals surface area contributed by atoms with Crippen molar-refractivity contribution in [3.63, 3.8) is 0 Å². The van der Waals surface area contributed by atoms with Gasteiger partial charge in [0.05, 0.1) is 0 Å². The highest BCUT2D eigenvalue weighted by Crippen LogP contribution is 2.42. The minimum Gasteiger partial charge on any atom is -0.449 e. The molecule has 5 nitrogen and oxygen atoms in total. The number of carbonyl (C=O) groups excluding carboxylic acids is 1. The Balaban J connectivity index is 2.03. The number of benzene rings is 1. The highest BCUT2D eigenvalue weighted by atomic mass is 79.9. The van der Waals surface area contributed by atoms with Crippen molar-refractivity contribution in [1.29, 1.82) is 0 Å². The van der Waals surface area contributed by atoms with E-state index >= 15 is 0 Å². The lowest BCUT2D eigenvalue weighted by Crippen LogP contribution is -2.56. The summed E-state index contributed by atoms with van der Waals surface area (Å²) in [4.78, 5) is 19.2. The molecular weight excluding hydrogens is 465 g/mol. The number of amides is 1. The van der Waals surface area contributed by atoms with Crippen LogP contribution in [0.1, 0.15) is 23.0 Å². The van der Waals surface area contributed by atoms with Crippen LogP contribution < -0.4 is 5.32 Å². The quantitative estimate of drug-likeness (QED) is 0.518. The van der Waals surface area contributed by atoms with Crippen molar-refractivity contribution in [2.24, 2.45) is 4.99 Å². The number of ether oxygens (including phenoxy) is 1. The fourth-order valence-electron chi connectivity index (χ4n) is 2.78. The molecule has 1 aromatic carbocycles. The first-order valence-electron chi connectivity index (χ1n) is 8.19. The fourth-order valence-corrected chi connectivity index (χ4v) is 3.09. The van der Waals surface area contributed by atoms with Crippen molar-refractivity contribution in [1.82, 2.24) is 10.3 Å². The van der Waals surface area contributed by atoms with Crippen molar-refractivity contribution in [3.05, 3.63) is 64.1 Å². The highest BCUT2D eigenvalue weighted by Gasteiger charge is 2.59. The summed E-state index contributed by atoms with van der Waals surface area (Å²) in [7, 11) is 0. The van der Waals surface area contributed by atoms with Gasteiger partial charge in [0.2, 0.25) is 0 Å². The summed E-state index contributed by atoms with van der Waals surface area (Å²) >= 11 is 2.97. The largest absolute Gasteiger partial charge is 0.449 e. The van der Waals surface area contributed by atoms with Gasteiger partial charge >= 0.3 is 6.18 Å². The van der Waals surface area contributed by atoms with Gasteiger partial charge in [-0.25, -0.2) is 18.8 Å². The number of halogens is 6. The van der Waals surface area contributed by atoms with Gasteiger partial charge in [-0.05, 0) is 47.1 Å². The van der Waals surface area contributed by atoms with E-state index < -0.39 is 47.4 Å². The number of rotatable bonds is 2. The first-order valence-corrected chi connectivity index (χ1v) is 8.98. The third-order valence-corrected chi connectivity index (χ3v) is 4.68. The molecule has 154 valence electrons. The molecule has 11 heteroatoms. The number of nitrogens with zero attached hydrogens (tertiary/aromatic N) is 2. The Labute approximate surface area is 170 Å². The van der Waals surface area contributed by atoms with Gasteiger partial charge < -0.3 is 4.74 Å². The third-order valence-electron chi connectivity index (χ3n) is 4.24. The van der Waals surface area contributed by atoms with E-state index in [0.717, 1.165) is 13.0 Å². The summed E-state index contributed by atoms with van der Waals surface area (Å²) in [6.07, 6.45) is -7.94. The normalized spacial score (nSPS) is 24.4. The van der Waals surface area contributed by atoms with Crippen LogP contribution >= 0.6 is 15.9 Å². The topological polar surface area (TPSA) is 63.6 Å². The predicted molar refractivity (Wildman–Crippen MR) is 96.4 cm³/mol. The number of amidine groups is 1. The van der Waals surface area contributed by atoms with Gasteiger partial charge in [0.15, 0.2) is 17.8 Å². The lowest BCUT2D eigenvalue weighted by molar-refractivity contribution is -0.188. The maximum Gasteiger partial charge on any atom is 0.413 e. The maximum atomic E-state index is 14.9. The molecule has 0 saturated heterocycles. The second-order valence-corrected chi connectivity index (χ2v) is 7.13. The van der Waals surface area contributed by atoms with E-state index in [9.17, 15) is 26.7 Å². The molecule has 0 saturated carbocycles. The number of pyridine rings is 1. The van der Waals surface area contributed by atoms with Crippen LogP contribution in [0.5, 0.6) is 0 Å². The van der Waals surface area contributed by atoms with Gasteiger partial charge in [-0.15, -0.1) is 0 Å². The molecule has 0 radical (unpaired) electrons. The molecule has 3 rings (SSSR count). The molecule has 1 aliphatic rings. The molecule has 1 amide bonds.